The third kappa shape index (κ3) is 4.15. The summed E-state index contributed by atoms with van der Waals surface area (Å²) in [4.78, 5) is 0. The maximum absolute atomic E-state index is 7.40. The van der Waals surface area contributed by atoms with E-state index >= 15 is 0 Å². The van der Waals surface area contributed by atoms with Crippen LogP contribution < -0.4 is 0 Å². The van der Waals surface area contributed by atoms with Crippen molar-refractivity contribution in [2.75, 3.05) is 0 Å². The Hall–Kier alpha value is -3.13. The third-order valence-corrected chi connectivity index (χ3v) is 8.95. The molecule has 0 N–H and O–H groups in total. The normalized spacial score (nSPS) is 14.8. The van der Waals surface area contributed by atoms with Gasteiger partial charge in [0.25, 0.3) is 0 Å². The predicted octanol–water partition coefficient (Wildman–Crippen LogP) is 9.04. The zero-order valence-electron chi connectivity index (χ0n) is 19.0. The van der Waals surface area contributed by atoms with Gasteiger partial charge in [0.05, 0.1) is 0 Å². The fraction of sp³-hybridized carbons (Fsp3) is 0.0968. The molecule has 0 unspecified atom stereocenters. The second-order valence-corrected chi connectivity index (χ2v) is 15.7. The highest BCUT2D eigenvalue weighted by atomic mass is 35.6. The predicted molar refractivity (Wildman–Crippen MR) is 146 cm³/mol. The summed E-state index contributed by atoms with van der Waals surface area (Å²) in [5, 5.41) is 0. The Morgan fingerprint density at radius 3 is 1.00 bits per heavy atom. The molecule has 0 saturated carbocycles. The topological polar surface area (TPSA) is 0 Å². The van der Waals surface area contributed by atoms with Crippen molar-refractivity contribution >= 4 is 40.8 Å². The van der Waals surface area contributed by atoms with Gasteiger partial charge in [0.2, 0.25) is 0 Å². The van der Waals surface area contributed by atoms with Gasteiger partial charge >= 0.3 is 0 Å². The average molecular weight is 463 g/mol. The number of halogens is 1. The Labute approximate surface area is 202 Å². The van der Waals surface area contributed by atoms with Crippen molar-refractivity contribution < 1.29 is 0 Å². The van der Waals surface area contributed by atoms with Crippen LogP contribution in [0.1, 0.15) is 22.3 Å². The lowest BCUT2D eigenvalue weighted by Crippen LogP contribution is -2.26. The molecular formula is C31H27ClSi. The highest BCUT2D eigenvalue weighted by Crippen LogP contribution is 2.61. The molecular weight excluding hydrogens is 436 g/mol. The second-order valence-electron chi connectivity index (χ2n) is 9.04. The summed E-state index contributed by atoms with van der Waals surface area (Å²) in [6.45, 7) is 4.56. The lowest BCUT2D eigenvalue weighted by molar-refractivity contribution is 1.34. The van der Waals surface area contributed by atoms with Gasteiger partial charge in [-0.1, -0.05) is 134 Å². The molecule has 0 amide bonds. The van der Waals surface area contributed by atoms with E-state index in [4.69, 9.17) is 11.1 Å². The molecule has 1 aliphatic rings. The van der Waals surface area contributed by atoms with Crippen LogP contribution in [0.25, 0.3) is 22.3 Å². The van der Waals surface area contributed by atoms with Crippen LogP contribution in [0.5, 0.6) is 0 Å². The van der Waals surface area contributed by atoms with E-state index in [1.807, 2.05) is 0 Å². The summed E-state index contributed by atoms with van der Waals surface area (Å²) >= 11 is 7.40. The van der Waals surface area contributed by atoms with Crippen LogP contribution in [0.2, 0.25) is 18.6 Å². The molecule has 0 radical (unpaired) electrons. The van der Waals surface area contributed by atoms with Gasteiger partial charge in [-0.15, -0.1) is 0 Å². The molecule has 2 heteroatoms. The minimum Gasteiger partial charge on any atom is -0.167 e. The number of benzene rings is 4. The molecule has 0 bridgehead atoms. The Morgan fingerprint density at radius 1 is 0.455 bits per heavy atom. The molecule has 1 aliphatic carbocycles. The number of hydrogen-bond donors (Lipinski definition) is 0. The second kappa shape index (κ2) is 9.01. The van der Waals surface area contributed by atoms with Gasteiger partial charge in [-0.25, -0.2) is 0 Å². The zero-order valence-corrected chi connectivity index (χ0v) is 20.8. The van der Waals surface area contributed by atoms with Crippen molar-refractivity contribution in [1.29, 1.82) is 0 Å². The van der Waals surface area contributed by atoms with Crippen molar-refractivity contribution in [3.63, 3.8) is 0 Å². The van der Waals surface area contributed by atoms with Crippen LogP contribution in [0.3, 0.4) is 0 Å². The Kier molecular flexibility index (Phi) is 5.93. The molecule has 0 spiro atoms. The maximum atomic E-state index is 7.40. The summed E-state index contributed by atoms with van der Waals surface area (Å²) in [6.07, 6.45) is 0. The highest BCUT2D eigenvalue weighted by molar-refractivity contribution is 7.21. The quantitative estimate of drug-likeness (QED) is 0.205. The fourth-order valence-corrected chi connectivity index (χ4v) is 7.71. The third-order valence-electron chi connectivity index (χ3n) is 6.35. The standard InChI is InChI=1S/C31H27ClSi/c1-33(2,32)31-29(25-19-11-5-12-20-25)27(23-15-7-3-8-16-23)28(24-17-9-4-10-18-24)30(31)26-21-13-6-14-22-26/h3-22,31H,1-2H3. The SMILES string of the molecule is C[Si](C)(Cl)C1C(c2ccccc2)=C(c2ccccc2)C(c2ccccc2)=C1c1ccccc1. The minimum atomic E-state index is -2.21. The molecule has 0 saturated heterocycles. The van der Waals surface area contributed by atoms with Gasteiger partial charge in [-0.2, -0.15) is 11.1 Å². The number of rotatable bonds is 5. The van der Waals surface area contributed by atoms with Crippen molar-refractivity contribution in [2.45, 2.75) is 18.6 Å². The van der Waals surface area contributed by atoms with Crippen molar-refractivity contribution in [1.82, 2.24) is 0 Å². The molecule has 0 aliphatic heterocycles. The van der Waals surface area contributed by atoms with Crippen LogP contribution in [-0.4, -0.2) is 7.38 Å². The molecule has 33 heavy (non-hydrogen) atoms. The monoisotopic (exact) mass is 462 g/mol. The number of hydrogen-bond acceptors (Lipinski definition) is 0. The summed E-state index contributed by atoms with van der Waals surface area (Å²) in [7, 11) is -2.21. The van der Waals surface area contributed by atoms with Crippen molar-refractivity contribution in [3.8, 4) is 0 Å². The van der Waals surface area contributed by atoms with Gasteiger partial charge < -0.3 is 0 Å². The average Bonchev–Trinajstić information content (AvgIpc) is 3.23. The molecule has 4 aromatic rings. The van der Waals surface area contributed by atoms with Gasteiger partial charge in [-0.05, 0) is 44.5 Å². The smallest absolute Gasteiger partial charge is 0.162 e. The molecule has 0 heterocycles. The van der Waals surface area contributed by atoms with Gasteiger partial charge in [0.15, 0.2) is 7.38 Å². The Morgan fingerprint density at radius 2 is 0.727 bits per heavy atom. The maximum Gasteiger partial charge on any atom is 0.162 e. The van der Waals surface area contributed by atoms with Gasteiger partial charge in [-0.3, -0.25) is 0 Å². The van der Waals surface area contributed by atoms with E-state index in [2.05, 4.69) is 134 Å². The molecule has 0 atom stereocenters. The van der Waals surface area contributed by atoms with Crippen molar-refractivity contribution in [2.24, 2.45) is 0 Å². The largest absolute Gasteiger partial charge is 0.167 e. The molecule has 4 aromatic carbocycles. The van der Waals surface area contributed by atoms with E-state index in [-0.39, 0.29) is 5.54 Å². The van der Waals surface area contributed by atoms with Crippen LogP contribution in [0.15, 0.2) is 121 Å². The van der Waals surface area contributed by atoms with E-state index < -0.39 is 7.38 Å². The first-order chi connectivity index (χ1) is 16.1. The van der Waals surface area contributed by atoms with E-state index in [1.165, 1.54) is 44.5 Å². The summed E-state index contributed by atoms with van der Waals surface area (Å²) in [5.41, 5.74) is 10.5. The lowest BCUT2D eigenvalue weighted by Gasteiger charge is -2.29. The minimum absolute atomic E-state index is 0.161. The Balaban J connectivity index is 1.94. The van der Waals surface area contributed by atoms with Gasteiger partial charge in [0.1, 0.15) is 0 Å². The molecule has 5 rings (SSSR count). The highest BCUT2D eigenvalue weighted by Gasteiger charge is 2.44. The van der Waals surface area contributed by atoms with Gasteiger partial charge in [0, 0.05) is 5.54 Å². The Bertz CT molecular complexity index is 1200. The summed E-state index contributed by atoms with van der Waals surface area (Å²) < 4.78 is 0. The summed E-state index contributed by atoms with van der Waals surface area (Å²) in [6, 6.07) is 43.3. The first-order valence-electron chi connectivity index (χ1n) is 11.4. The molecule has 0 fully saturated rings. The zero-order chi connectivity index (χ0) is 22.8. The first-order valence-corrected chi connectivity index (χ1v) is 15.5. The van der Waals surface area contributed by atoms with Crippen LogP contribution in [0.4, 0.5) is 0 Å². The van der Waals surface area contributed by atoms with E-state index in [0.717, 1.165) is 0 Å². The van der Waals surface area contributed by atoms with Crippen molar-refractivity contribution in [3.05, 3.63) is 144 Å². The molecule has 0 aromatic heterocycles. The van der Waals surface area contributed by atoms with Crippen LogP contribution in [-0.2, 0) is 0 Å². The van der Waals surface area contributed by atoms with E-state index in [9.17, 15) is 0 Å². The molecule has 0 nitrogen and oxygen atoms in total. The first kappa shape index (κ1) is 21.7. The summed E-state index contributed by atoms with van der Waals surface area (Å²) in [5.74, 6) is 0. The van der Waals surface area contributed by atoms with E-state index in [0.29, 0.717) is 0 Å². The molecule has 162 valence electrons. The number of allylic oxidation sites excluding steroid dienone is 4. The van der Waals surface area contributed by atoms with Crippen LogP contribution in [0, 0.1) is 0 Å². The lowest BCUT2D eigenvalue weighted by atomic mass is 9.89. The van der Waals surface area contributed by atoms with Crippen LogP contribution >= 0.6 is 11.1 Å². The van der Waals surface area contributed by atoms with E-state index in [1.54, 1.807) is 0 Å². The fourth-order valence-electron chi connectivity index (χ4n) is 5.06.